The van der Waals surface area contributed by atoms with Crippen LogP contribution in [-0.2, 0) is 25.7 Å². The maximum Gasteiger partial charge on any atom is 0.328 e. The Labute approximate surface area is 261 Å². The summed E-state index contributed by atoms with van der Waals surface area (Å²) < 4.78 is 7.69. The van der Waals surface area contributed by atoms with Gasteiger partial charge in [0.25, 0.3) is 0 Å². The van der Waals surface area contributed by atoms with Gasteiger partial charge in [0.15, 0.2) is 0 Å². The van der Waals surface area contributed by atoms with E-state index in [4.69, 9.17) is 25.2 Å². The Morgan fingerprint density at radius 1 is 0.844 bits per heavy atom. The largest absolute Gasteiger partial charge is 0.478 e. The van der Waals surface area contributed by atoms with Gasteiger partial charge in [-0.1, -0.05) is 36.4 Å². The molecule has 0 aliphatic carbocycles. The number of aliphatic carboxylic acids is 4. The number of carbonyl (C=O) groups is 4. The van der Waals surface area contributed by atoms with Gasteiger partial charge in [-0.2, -0.15) is 0 Å². The van der Waals surface area contributed by atoms with Crippen LogP contribution in [0.4, 0.5) is 0 Å². The van der Waals surface area contributed by atoms with E-state index in [1.807, 2.05) is 35.0 Å². The molecule has 1 aromatic carbocycles. The number of fused-ring (bicyclic) bond motifs is 1. The standard InChI is InChI=1S/C24H32N4O.2C4H4O4/c1-26(22-12-16-27(17-13-22)20-21-9-3-2-4-10-21)14-7-8-18-29-24-19-23-11-5-6-15-28(23)25-24;2*5-3(6)1-2-4(7)8/h2-6,9-11,15,19,22H,7-8,12-14,16-18,20H2,1H3;2*1-2H,(H,5,6)(H,7,8)/b;2*2-1+. The van der Waals surface area contributed by atoms with E-state index >= 15 is 0 Å². The first-order valence-electron chi connectivity index (χ1n) is 14.3. The van der Waals surface area contributed by atoms with E-state index < -0.39 is 23.9 Å². The van der Waals surface area contributed by atoms with E-state index in [0.717, 1.165) is 43.9 Å². The van der Waals surface area contributed by atoms with Crippen molar-refractivity contribution in [2.75, 3.05) is 33.3 Å². The average Bonchev–Trinajstić information content (AvgIpc) is 3.43. The smallest absolute Gasteiger partial charge is 0.328 e. The molecule has 2 aromatic heterocycles. The van der Waals surface area contributed by atoms with Crippen LogP contribution in [0.25, 0.3) is 5.52 Å². The van der Waals surface area contributed by atoms with Gasteiger partial charge < -0.3 is 30.1 Å². The van der Waals surface area contributed by atoms with Crippen LogP contribution < -0.4 is 4.74 Å². The molecule has 0 unspecified atom stereocenters. The Kier molecular flexibility index (Phi) is 16.1. The Balaban J connectivity index is 0.000000365. The lowest BCUT2D eigenvalue weighted by atomic mass is 10.0. The second kappa shape index (κ2) is 20.0. The summed E-state index contributed by atoms with van der Waals surface area (Å²) in [6.45, 7) is 5.34. The summed E-state index contributed by atoms with van der Waals surface area (Å²) in [5, 5.41) is 35.7. The quantitative estimate of drug-likeness (QED) is 0.161. The number of rotatable bonds is 13. The normalized spacial score (nSPS) is 13.6. The molecule has 13 heteroatoms. The minimum absolute atomic E-state index is 0.558. The van der Waals surface area contributed by atoms with Gasteiger partial charge >= 0.3 is 23.9 Å². The van der Waals surface area contributed by atoms with Crippen molar-refractivity contribution in [3.8, 4) is 5.88 Å². The fourth-order valence-corrected chi connectivity index (χ4v) is 4.45. The molecule has 0 spiro atoms. The molecule has 0 atom stereocenters. The fraction of sp³-hybridized carbons (Fsp3) is 0.344. The highest BCUT2D eigenvalue weighted by Gasteiger charge is 2.22. The summed E-state index contributed by atoms with van der Waals surface area (Å²) in [5.74, 6) is -4.31. The fourth-order valence-electron chi connectivity index (χ4n) is 4.45. The van der Waals surface area contributed by atoms with Crippen molar-refractivity contribution in [1.82, 2.24) is 19.4 Å². The van der Waals surface area contributed by atoms with Gasteiger partial charge in [0.05, 0.1) is 12.1 Å². The summed E-state index contributed by atoms with van der Waals surface area (Å²) in [4.78, 5) is 43.3. The third kappa shape index (κ3) is 15.9. The van der Waals surface area contributed by atoms with E-state index in [0.29, 0.717) is 30.3 Å². The number of benzene rings is 1. The molecule has 0 amide bonds. The number of carboxylic acids is 4. The van der Waals surface area contributed by atoms with Gasteiger partial charge in [0, 0.05) is 49.2 Å². The molecular weight excluding hydrogens is 584 g/mol. The second-order valence-electron chi connectivity index (χ2n) is 10.1. The molecule has 0 saturated carbocycles. The van der Waals surface area contributed by atoms with Crippen LogP contribution in [-0.4, -0.2) is 103 Å². The van der Waals surface area contributed by atoms with E-state index in [1.165, 1.54) is 31.5 Å². The Bertz CT molecular complexity index is 1320. The minimum Gasteiger partial charge on any atom is -0.478 e. The summed E-state index contributed by atoms with van der Waals surface area (Å²) in [7, 11) is 2.28. The first-order valence-corrected chi connectivity index (χ1v) is 14.3. The summed E-state index contributed by atoms with van der Waals surface area (Å²) in [6.07, 6.45) is 8.93. The van der Waals surface area contributed by atoms with E-state index in [9.17, 15) is 19.2 Å². The van der Waals surface area contributed by atoms with Crippen LogP contribution in [0.15, 0.2) is 85.1 Å². The highest BCUT2D eigenvalue weighted by Crippen LogP contribution is 2.18. The van der Waals surface area contributed by atoms with Crippen LogP contribution in [0.2, 0.25) is 0 Å². The van der Waals surface area contributed by atoms with Crippen LogP contribution in [0, 0.1) is 0 Å². The van der Waals surface area contributed by atoms with Crippen molar-refractivity contribution in [2.45, 2.75) is 38.3 Å². The highest BCUT2D eigenvalue weighted by atomic mass is 16.5. The third-order valence-corrected chi connectivity index (χ3v) is 6.67. The lowest BCUT2D eigenvalue weighted by Crippen LogP contribution is -2.43. The number of hydrogen-bond donors (Lipinski definition) is 4. The number of pyridine rings is 1. The zero-order valence-electron chi connectivity index (χ0n) is 25.1. The van der Waals surface area contributed by atoms with Crippen LogP contribution in [0.1, 0.15) is 31.2 Å². The monoisotopic (exact) mass is 624 g/mol. The SMILES string of the molecule is CN(CCCCOc1cc2ccccn2n1)C1CCN(Cc2ccccc2)CC1.O=C(O)/C=C/C(=O)O.O=C(O)/C=C/C(=O)O. The molecule has 0 radical (unpaired) electrons. The van der Waals surface area contributed by atoms with E-state index in [-0.39, 0.29) is 0 Å². The maximum atomic E-state index is 9.55. The number of nitrogens with zero attached hydrogens (tertiary/aromatic N) is 4. The zero-order chi connectivity index (χ0) is 33.0. The van der Waals surface area contributed by atoms with Gasteiger partial charge in [0.2, 0.25) is 5.88 Å². The first kappa shape index (κ1) is 36.2. The molecule has 0 bridgehead atoms. The topological polar surface area (TPSA) is 182 Å². The molecule has 4 rings (SSSR count). The molecule has 3 aromatic rings. The summed E-state index contributed by atoms with van der Waals surface area (Å²) in [5.41, 5.74) is 2.49. The number of ether oxygens (including phenoxy) is 1. The minimum atomic E-state index is -1.26. The number of hydrogen-bond acceptors (Lipinski definition) is 8. The number of unbranched alkanes of at least 4 members (excludes halogenated alkanes) is 1. The molecule has 1 aliphatic heterocycles. The van der Waals surface area contributed by atoms with Gasteiger partial charge in [0.1, 0.15) is 0 Å². The molecule has 13 nitrogen and oxygen atoms in total. The Morgan fingerprint density at radius 2 is 1.40 bits per heavy atom. The maximum absolute atomic E-state index is 9.55. The predicted octanol–water partition coefficient (Wildman–Crippen LogP) is 3.51. The van der Waals surface area contributed by atoms with Crippen LogP contribution in [0.3, 0.4) is 0 Å². The predicted molar refractivity (Wildman–Crippen MR) is 166 cm³/mol. The zero-order valence-corrected chi connectivity index (χ0v) is 25.1. The van der Waals surface area contributed by atoms with Crippen molar-refractivity contribution in [3.05, 3.63) is 90.7 Å². The summed E-state index contributed by atoms with van der Waals surface area (Å²) in [6, 6.07) is 19.6. The van der Waals surface area contributed by atoms with Crippen LogP contribution in [0.5, 0.6) is 5.88 Å². The molecule has 1 fully saturated rings. The number of piperidine rings is 1. The molecule has 3 heterocycles. The lowest BCUT2D eigenvalue weighted by Gasteiger charge is -2.36. The van der Waals surface area contributed by atoms with Gasteiger partial charge in [-0.15, -0.1) is 5.10 Å². The van der Waals surface area contributed by atoms with Crippen molar-refractivity contribution < 1.29 is 44.3 Å². The lowest BCUT2D eigenvalue weighted by molar-refractivity contribution is -0.134. The molecule has 1 saturated heterocycles. The number of likely N-dealkylation sites (tertiary alicyclic amines) is 1. The van der Waals surface area contributed by atoms with Crippen molar-refractivity contribution in [3.63, 3.8) is 0 Å². The Morgan fingerprint density at radius 3 is 1.93 bits per heavy atom. The molecule has 1 aliphatic rings. The summed E-state index contributed by atoms with van der Waals surface area (Å²) >= 11 is 0. The van der Waals surface area contributed by atoms with Crippen molar-refractivity contribution >= 4 is 29.4 Å². The average molecular weight is 625 g/mol. The van der Waals surface area contributed by atoms with Gasteiger partial charge in [-0.25, -0.2) is 23.7 Å². The van der Waals surface area contributed by atoms with Crippen molar-refractivity contribution in [2.24, 2.45) is 0 Å². The van der Waals surface area contributed by atoms with Crippen molar-refractivity contribution in [1.29, 1.82) is 0 Å². The molecule has 242 valence electrons. The van der Waals surface area contributed by atoms with E-state index in [2.05, 4.69) is 52.3 Å². The third-order valence-electron chi connectivity index (χ3n) is 6.67. The van der Waals surface area contributed by atoms with Gasteiger partial charge in [-0.3, -0.25) is 4.90 Å². The van der Waals surface area contributed by atoms with Gasteiger partial charge in [-0.05, 0) is 70.1 Å². The number of carboxylic acid groups (broad SMARTS) is 4. The van der Waals surface area contributed by atoms with E-state index in [1.54, 1.807) is 0 Å². The number of aromatic nitrogens is 2. The van der Waals surface area contributed by atoms with Crippen LogP contribution >= 0.6 is 0 Å². The molecule has 45 heavy (non-hydrogen) atoms. The molecule has 4 N–H and O–H groups in total. The first-order chi connectivity index (χ1) is 21.5. The Hall–Kier alpha value is -5.01. The second-order valence-corrected chi connectivity index (χ2v) is 10.1. The molecular formula is C32H40N4O9. The highest BCUT2D eigenvalue weighted by molar-refractivity contribution is 5.90.